The summed E-state index contributed by atoms with van der Waals surface area (Å²) in [5, 5.41) is 9.00. The Morgan fingerprint density at radius 3 is 2.36 bits per heavy atom. The molecule has 0 saturated carbocycles. The molecule has 1 fully saturated rings. The predicted octanol–water partition coefficient (Wildman–Crippen LogP) is 2.20. The largest absolute Gasteiger partial charge is 0.497 e. The number of amides is 1. The molecule has 120 valence electrons. The molecular formula is C17H23NO4. The maximum atomic E-state index is 12.5. The van der Waals surface area contributed by atoms with E-state index in [4.69, 9.17) is 9.84 Å². The number of benzene rings is 1. The summed E-state index contributed by atoms with van der Waals surface area (Å²) >= 11 is 0. The van der Waals surface area contributed by atoms with Gasteiger partial charge in [0.25, 0.3) is 0 Å². The van der Waals surface area contributed by atoms with Gasteiger partial charge in [-0.05, 0) is 37.0 Å². The van der Waals surface area contributed by atoms with Gasteiger partial charge >= 0.3 is 5.97 Å². The van der Waals surface area contributed by atoms with Gasteiger partial charge in [0.05, 0.1) is 13.0 Å². The normalized spacial score (nSPS) is 17.1. The van der Waals surface area contributed by atoms with Crippen LogP contribution in [0.2, 0.25) is 0 Å². The number of carboxylic acid groups (broad SMARTS) is 1. The summed E-state index contributed by atoms with van der Waals surface area (Å²) in [6, 6.07) is 7.73. The third-order valence-corrected chi connectivity index (χ3v) is 4.28. The lowest BCUT2D eigenvalue weighted by Crippen LogP contribution is -2.43. The Morgan fingerprint density at radius 2 is 1.86 bits per heavy atom. The first kappa shape index (κ1) is 16.3. The van der Waals surface area contributed by atoms with Crippen LogP contribution in [0.15, 0.2) is 24.3 Å². The van der Waals surface area contributed by atoms with E-state index in [-0.39, 0.29) is 17.7 Å². The molecule has 1 amide bonds. The third-order valence-electron chi connectivity index (χ3n) is 4.28. The van der Waals surface area contributed by atoms with Gasteiger partial charge in [0.1, 0.15) is 5.75 Å². The summed E-state index contributed by atoms with van der Waals surface area (Å²) < 4.78 is 5.12. The number of rotatable bonds is 5. The number of nitrogens with zero attached hydrogens (tertiary/aromatic N) is 1. The molecule has 1 aromatic carbocycles. The molecule has 1 heterocycles. The highest BCUT2D eigenvalue weighted by atomic mass is 16.5. The second-order valence-electron chi connectivity index (χ2n) is 5.89. The molecule has 1 atom stereocenters. The van der Waals surface area contributed by atoms with Crippen molar-refractivity contribution in [3.05, 3.63) is 29.8 Å². The Kier molecular flexibility index (Phi) is 5.41. The first-order valence-corrected chi connectivity index (χ1v) is 7.65. The lowest BCUT2D eigenvalue weighted by Gasteiger charge is -2.32. The number of likely N-dealkylation sites (tertiary alicyclic amines) is 1. The van der Waals surface area contributed by atoms with Crippen molar-refractivity contribution in [1.82, 2.24) is 4.90 Å². The molecule has 1 saturated heterocycles. The molecule has 1 unspecified atom stereocenters. The molecule has 22 heavy (non-hydrogen) atoms. The molecule has 5 nitrogen and oxygen atoms in total. The van der Waals surface area contributed by atoms with Crippen LogP contribution >= 0.6 is 0 Å². The van der Waals surface area contributed by atoms with E-state index in [1.165, 1.54) is 0 Å². The molecular weight excluding hydrogens is 282 g/mol. The molecule has 1 aliphatic rings. The average molecular weight is 305 g/mol. The smallest absolute Gasteiger partial charge is 0.306 e. The van der Waals surface area contributed by atoms with Crippen LogP contribution in [-0.2, 0) is 16.0 Å². The fourth-order valence-electron chi connectivity index (χ4n) is 2.86. The molecule has 0 aromatic heterocycles. The minimum absolute atomic E-state index is 0.102. The Balaban J connectivity index is 1.88. The van der Waals surface area contributed by atoms with Crippen LogP contribution in [0.25, 0.3) is 0 Å². The number of ether oxygens (including phenoxy) is 1. The number of aliphatic carboxylic acids is 1. The number of methoxy groups -OCH3 is 1. The van der Waals surface area contributed by atoms with Crippen molar-refractivity contribution in [2.24, 2.45) is 11.8 Å². The van der Waals surface area contributed by atoms with Gasteiger partial charge in [-0.25, -0.2) is 0 Å². The van der Waals surface area contributed by atoms with Gasteiger partial charge in [-0.1, -0.05) is 19.1 Å². The highest BCUT2D eigenvalue weighted by Gasteiger charge is 2.29. The molecule has 0 bridgehead atoms. The summed E-state index contributed by atoms with van der Waals surface area (Å²) in [6.07, 6.45) is 1.79. The quantitative estimate of drug-likeness (QED) is 0.905. The highest BCUT2D eigenvalue weighted by molar-refractivity contribution is 5.79. The fraction of sp³-hybridized carbons (Fsp3) is 0.529. The zero-order valence-electron chi connectivity index (χ0n) is 13.1. The van der Waals surface area contributed by atoms with Gasteiger partial charge in [-0.2, -0.15) is 0 Å². The highest BCUT2D eigenvalue weighted by Crippen LogP contribution is 2.21. The van der Waals surface area contributed by atoms with Gasteiger partial charge in [0, 0.05) is 19.0 Å². The lowest BCUT2D eigenvalue weighted by molar-refractivity contribution is -0.146. The standard InChI is InChI=1S/C17H23NO4/c1-12(11-13-3-5-15(22-2)6-4-13)16(19)18-9-7-14(8-10-18)17(20)21/h3-6,12,14H,7-11H2,1-2H3,(H,20,21). The van der Waals surface area contributed by atoms with E-state index in [1.807, 2.05) is 31.2 Å². The van der Waals surface area contributed by atoms with Crippen molar-refractivity contribution >= 4 is 11.9 Å². The van der Waals surface area contributed by atoms with Gasteiger partial charge in [-0.3, -0.25) is 9.59 Å². The van der Waals surface area contributed by atoms with Crippen molar-refractivity contribution in [1.29, 1.82) is 0 Å². The molecule has 0 aliphatic carbocycles. The summed E-state index contributed by atoms with van der Waals surface area (Å²) in [5.41, 5.74) is 1.10. The van der Waals surface area contributed by atoms with Crippen molar-refractivity contribution in [3.63, 3.8) is 0 Å². The monoisotopic (exact) mass is 305 g/mol. The van der Waals surface area contributed by atoms with Crippen molar-refractivity contribution in [2.45, 2.75) is 26.2 Å². The van der Waals surface area contributed by atoms with Crippen LogP contribution < -0.4 is 4.74 Å². The van der Waals surface area contributed by atoms with Crippen LogP contribution in [-0.4, -0.2) is 42.1 Å². The number of piperidine rings is 1. The Bertz CT molecular complexity index is 518. The van der Waals surface area contributed by atoms with Crippen LogP contribution in [0.3, 0.4) is 0 Å². The van der Waals surface area contributed by atoms with E-state index < -0.39 is 5.97 Å². The zero-order chi connectivity index (χ0) is 16.1. The molecule has 2 rings (SSSR count). The zero-order valence-corrected chi connectivity index (χ0v) is 13.1. The van der Waals surface area contributed by atoms with Gasteiger partial charge in [0.2, 0.25) is 5.91 Å². The lowest BCUT2D eigenvalue weighted by atomic mass is 9.94. The maximum absolute atomic E-state index is 12.5. The molecule has 1 N–H and O–H groups in total. The first-order valence-electron chi connectivity index (χ1n) is 7.65. The number of hydrogen-bond donors (Lipinski definition) is 1. The maximum Gasteiger partial charge on any atom is 0.306 e. The molecule has 1 aliphatic heterocycles. The van der Waals surface area contributed by atoms with Crippen LogP contribution in [0.5, 0.6) is 5.75 Å². The van der Waals surface area contributed by atoms with E-state index in [1.54, 1.807) is 12.0 Å². The van der Waals surface area contributed by atoms with Gasteiger partial charge < -0.3 is 14.7 Å². The summed E-state index contributed by atoms with van der Waals surface area (Å²) in [4.78, 5) is 25.2. The topological polar surface area (TPSA) is 66.8 Å². The minimum Gasteiger partial charge on any atom is -0.497 e. The predicted molar refractivity (Wildman–Crippen MR) is 82.8 cm³/mol. The average Bonchev–Trinajstić information content (AvgIpc) is 2.55. The van der Waals surface area contributed by atoms with E-state index in [2.05, 4.69) is 0 Å². The van der Waals surface area contributed by atoms with E-state index >= 15 is 0 Å². The Hall–Kier alpha value is -2.04. The molecule has 0 radical (unpaired) electrons. The number of hydrogen-bond acceptors (Lipinski definition) is 3. The number of carbonyl (C=O) groups is 2. The summed E-state index contributed by atoms with van der Waals surface area (Å²) in [7, 11) is 1.63. The van der Waals surface area contributed by atoms with E-state index in [0.29, 0.717) is 32.4 Å². The Morgan fingerprint density at radius 1 is 1.27 bits per heavy atom. The minimum atomic E-state index is -0.751. The van der Waals surface area contributed by atoms with Gasteiger partial charge in [0.15, 0.2) is 0 Å². The third kappa shape index (κ3) is 4.00. The molecule has 0 spiro atoms. The van der Waals surface area contributed by atoms with Crippen molar-refractivity contribution in [3.8, 4) is 5.75 Å². The number of carbonyl (C=O) groups excluding carboxylic acids is 1. The summed E-state index contributed by atoms with van der Waals surface area (Å²) in [5.74, 6) is -0.243. The second-order valence-corrected chi connectivity index (χ2v) is 5.89. The SMILES string of the molecule is COc1ccc(CC(C)C(=O)N2CCC(C(=O)O)CC2)cc1. The van der Waals surface area contributed by atoms with Gasteiger partial charge in [-0.15, -0.1) is 0 Å². The first-order chi connectivity index (χ1) is 10.5. The van der Waals surface area contributed by atoms with E-state index in [0.717, 1.165) is 11.3 Å². The number of carboxylic acids is 1. The van der Waals surface area contributed by atoms with Crippen LogP contribution in [0, 0.1) is 11.8 Å². The van der Waals surface area contributed by atoms with E-state index in [9.17, 15) is 9.59 Å². The van der Waals surface area contributed by atoms with Crippen LogP contribution in [0.4, 0.5) is 0 Å². The van der Waals surface area contributed by atoms with Crippen LogP contribution in [0.1, 0.15) is 25.3 Å². The van der Waals surface area contributed by atoms with Crippen molar-refractivity contribution < 1.29 is 19.4 Å². The molecule has 1 aromatic rings. The fourth-order valence-corrected chi connectivity index (χ4v) is 2.86. The second kappa shape index (κ2) is 7.29. The summed E-state index contributed by atoms with van der Waals surface area (Å²) in [6.45, 7) is 3.02. The molecule has 5 heteroatoms. The van der Waals surface area contributed by atoms with Crippen molar-refractivity contribution in [2.75, 3.05) is 20.2 Å². The Labute approximate surface area is 130 Å².